The van der Waals surface area contributed by atoms with Gasteiger partial charge in [-0.3, -0.25) is 9.59 Å². The van der Waals surface area contributed by atoms with E-state index in [1.165, 1.54) is 13.0 Å². The third-order valence-electron chi connectivity index (χ3n) is 5.20. The summed E-state index contributed by atoms with van der Waals surface area (Å²) in [5.41, 5.74) is 1.67. The molecule has 1 heterocycles. The largest absolute Gasteiger partial charge is 0.484 e. The predicted octanol–water partition coefficient (Wildman–Crippen LogP) is 3.54. The topological polar surface area (TPSA) is 105 Å². The Morgan fingerprint density at radius 3 is 2.19 bits per heavy atom. The Labute approximate surface area is 189 Å². The van der Waals surface area contributed by atoms with Gasteiger partial charge in [0, 0.05) is 31.4 Å². The van der Waals surface area contributed by atoms with Crippen LogP contribution < -0.4 is 15.4 Å². The first-order valence-corrected chi connectivity index (χ1v) is 12.1. The van der Waals surface area contributed by atoms with E-state index >= 15 is 0 Å². The van der Waals surface area contributed by atoms with Crippen molar-refractivity contribution in [2.75, 3.05) is 30.3 Å². The molecule has 0 spiro atoms. The van der Waals surface area contributed by atoms with Crippen LogP contribution in [0.25, 0.3) is 0 Å². The van der Waals surface area contributed by atoms with Crippen LogP contribution in [-0.4, -0.2) is 44.2 Å². The zero-order valence-electron chi connectivity index (χ0n) is 18.4. The first-order chi connectivity index (χ1) is 15.3. The summed E-state index contributed by atoms with van der Waals surface area (Å²) in [4.78, 5) is 23.6. The van der Waals surface area contributed by atoms with Crippen LogP contribution in [0.4, 0.5) is 11.4 Å². The van der Waals surface area contributed by atoms with E-state index in [0.717, 1.165) is 25.7 Å². The molecular formula is C23H29N3O5S. The molecule has 0 saturated carbocycles. The van der Waals surface area contributed by atoms with Crippen molar-refractivity contribution in [1.82, 2.24) is 4.31 Å². The highest BCUT2D eigenvalue weighted by Crippen LogP contribution is 2.26. The van der Waals surface area contributed by atoms with Gasteiger partial charge in [-0.25, -0.2) is 8.42 Å². The van der Waals surface area contributed by atoms with Gasteiger partial charge in [-0.05, 0) is 61.7 Å². The van der Waals surface area contributed by atoms with Crippen LogP contribution in [0, 0.1) is 6.92 Å². The second kappa shape index (κ2) is 10.6. The Balaban J connectivity index is 1.63. The molecule has 0 bridgehead atoms. The predicted molar refractivity (Wildman–Crippen MR) is 123 cm³/mol. The SMILES string of the molecule is CC(=O)Nc1ccc(OCC(=O)Nc2ccc(C)c(S(=O)(=O)N3CCCCCC3)c2)cc1. The maximum atomic E-state index is 13.2. The van der Waals surface area contributed by atoms with Crippen LogP contribution in [0.1, 0.15) is 38.2 Å². The fourth-order valence-corrected chi connectivity index (χ4v) is 5.33. The molecule has 0 atom stereocenters. The van der Waals surface area contributed by atoms with Crippen LogP contribution in [0.15, 0.2) is 47.4 Å². The van der Waals surface area contributed by atoms with Crippen molar-refractivity contribution in [1.29, 1.82) is 0 Å². The van der Waals surface area contributed by atoms with Crippen LogP contribution in [0.5, 0.6) is 5.75 Å². The molecule has 2 N–H and O–H groups in total. The van der Waals surface area contributed by atoms with Crippen molar-refractivity contribution in [2.45, 2.75) is 44.4 Å². The van der Waals surface area contributed by atoms with Gasteiger partial charge in [0.25, 0.3) is 5.91 Å². The third kappa shape index (κ3) is 6.30. The zero-order chi connectivity index (χ0) is 23.1. The summed E-state index contributed by atoms with van der Waals surface area (Å²) in [6.07, 6.45) is 3.80. The lowest BCUT2D eigenvalue weighted by atomic mass is 10.2. The first kappa shape index (κ1) is 23.7. The van der Waals surface area contributed by atoms with Gasteiger partial charge in [-0.1, -0.05) is 18.9 Å². The number of anilines is 2. The molecule has 0 aromatic heterocycles. The van der Waals surface area contributed by atoms with Crippen LogP contribution in [-0.2, 0) is 19.6 Å². The lowest BCUT2D eigenvalue weighted by Crippen LogP contribution is -2.32. The van der Waals surface area contributed by atoms with Gasteiger partial charge in [0.1, 0.15) is 5.75 Å². The molecule has 1 fully saturated rings. The normalized spacial score (nSPS) is 14.9. The first-order valence-electron chi connectivity index (χ1n) is 10.7. The fourth-order valence-electron chi connectivity index (χ4n) is 3.56. The molecule has 1 aliphatic heterocycles. The van der Waals surface area contributed by atoms with Crippen molar-refractivity contribution in [3.05, 3.63) is 48.0 Å². The van der Waals surface area contributed by atoms with Gasteiger partial charge in [0.05, 0.1) is 4.90 Å². The Morgan fingerprint density at radius 1 is 0.938 bits per heavy atom. The number of hydrogen-bond donors (Lipinski definition) is 2. The number of sulfonamides is 1. The summed E-state index contributed by atoms with van der Waals surface area (Å²) in [6.45, 7) is 3.98. The van der Waals surface area contributed by atoms with Crippen molar-refractivity contribution in [3.8, 4) is 5.75 Å². The number of rotatable bonds is 7. The number of hydrogen-bond acceptors (Lipinski definition) is 5. The van der Waals surface area contributed by atoms with E-state index < -0.39 is 15.9 Å². The second-order valence-electron chi connectivity index (χ2n) is 7.84. The van der Waals surface area contributed by atoms with Gasteiger partial charge in [0.2, 0.25) is 15.9 Å². The van der Waals surface area contributed by atoms with Crippen molar-refractivity contribution >= 4 is 33.2 Å². The van der Waals surface area contributed by atoms with Crippen LogP contribution in [0.3, 0.4) is 0 Å². The maximum Gasteiger partial charge on any atom is 0.262 e. The smallest absolute Gasteiger partial charge is 0.262 e. The molecule has 32 heavy (non-hydrogen) atoms. The summed E-state index contributed by atoms with van der Waals surface area (Å²) in [5.74, 6) is -0.103. The highest BCUT2D eigenvalue weighted by Gasteiger charge is 2.27. The maximum absolute atomic E-state index is 13.2. The lowest BCUT2D eigenvalue weighted by Gasteiger charge is -2.21. The second-order valence-corrected chi connectivity index (χ2v) is 9.75. The number of aryl methyl sites for hydroxylation is 1. The standard InChI is InChI=1S/C23H29N3O5S/c1-17-7-8-20(15-22(17)32(29,30)26-13-5-3-4-6-14-26)25-23(28)16-31-21-11-9-19(10-12-21)24-18(2)27/h7-12,15H,3-6,13-14,16H2,1-2H3,(H,24,27)(H,25,28). The Bertz CT molecular complexity index is 1060. The van der Waals surface area contributed by atoms with Gasteiger partial charge in [-0.2, -0.15) is 4.31 Å². The number of ether oxygens (including phenoxy) is 1. The fraction of sp³-hybridized carbons (Fsp3) is 0.391. The molecule has 1 saturated heterocycles. The molecule has 2 amide bonds. The average Bonchev–Trinajstić information content (AvgIpc) is 3.04. The molecule has 8 nitrogen and oxygen atoms in total. The van der Waals surface area contributed by atoms with E-state index in [2.05, 4.69) is 10.6 Å². The molecule has 2 aromatic rings. The van der Waals surface area contributed by atoms with Crippen LogP contribution in [0.2, 0.25) is 0 Å². The highest BCUT2D eigenvalue weighted by molar-refractivity contribution is 7.89. The highest BCUT2D eigenvalue weighted by atomic mass is 32.2. The van der Waals surface area contributed by atoms with E-state index in [9.17, 15) is 18.0 Å². The molecular weight excluding hydrogens is 430 g/mol. The molecule has 3 rings (SSSR count). The number of carbonyl (C=O) groups is 2. The Morgan fingerprint density at radius 2 is 1.56 bits per heavy atom. The number of benzene rings is 2. The summed E-state index contributed by atoms with van der Waals surface area (Å²) in [5, 5.41) is 5.35. The monoisotopic (exact) mass is 459 g/mol. The minimum atomic E-state index is -3.62. The molecule has 172 valence electrons. The van der Waals surface area contributed by atoms with E-state index in [4.69, 9.17) is 4.74 Å². The van der Waals surface area contributed by atoms with E-state index in [-0.39, 0.29) is 17.4 Å². The van der Waals surface area contributed by atoms with Gasteiger partial charge in [-0.15, -0.1) is 0 Å². The summed E-state index contributed by atoms with van der Waals surface area (Å²) in [6, 6.07) is 11.5. The minimum Gasteiger partial charge on any atom is -0.484 e. The molecule has 0 aliphatic carbocycles. The molecule has 9 heteroatoms. The summed E-state index contributed by atoms with van der Waals surface area (Å²) in [7, 11) is -3.62. The zero-order valence-corrected chi connectivity index (χ0v) is 19.2. The van der Waals surface area contributed by atoms with Crippen LogP contribution >= 0.6 is 0 Å². The number of nitrogens with zero attached hydrogens (tertiary/aromatic N) is 1. The third-order valence-corrected chi connectivity index (χ3v) is 7.24. The van der Waals surface area contributed by atoms with Crippen molar-refractivity contribution in [2.24, 2.45) is 0 Å². The summed E-state index contributed by atoms with van der Waals surface area (Å²) < 4.78 is 33.4. The number of amides is 2. The Hall–Kier alpha value is -2.91. The Kier molecular flexibility index (Phi) is 7.87. The molecule has 1 aliphatic rings. The molecule has 0 unspecified atom stereocenters. The van der Waals surface area contributed by atoms with E-state index in [1.807, 2.05) is 0 Å². The van der Waals surface area contributed by atoms with Crippen molar-refractivity contribution in [3.63, 3.8) is 0 Å². The number of nitrogens with one attached hydrogen (secondary N) is 2. The molecule has 0 radical (unpaired) electrons. The van der Waals surface area contributed by atoms with Gasteiger partial charge >= 0.3 is 0 Å². The van der Waals surface area contributed by atoms with E-state index in [1.54, 1.807) is 47.6 Å². The van der Waals surface area contributed by atoms with E-state index in [0.29, 0.717) is 35.8 Å². The van der Waals surface area contributed by atoms with Gasteiger partial charge < -0.3 is 15.4 Å². The van der Waals surface area contributed by atoms with Crippen molar-refractivity contribution < 1.29 is 22.7 Å². The average molecular weight is 460 g/mol. The molecule has 2 aromatic carbocycles. The van der Waals surface area contributed by atoms with Gasteiger partial charge in [0.15, 0.2) is 6.61 Å². The number of carbonyl (C=O) groups excluding carboxylic acids is 2. The minimum absolute atomic E-state index is 0.173. The lowest BCUT2D eigenvalue weighted by molar-refractivity contribution is -0.118. The summed E-state index contributed by atoms with van der Waals surface area (Å²) >= 11 is 0. The quantitative estimate of drug-likeness (QED) is 0.659.